The standard InChI is InChI=1S/C12H17NO5/c1-6(14)13-8(12(16)17-2)5-7-3-4-9(15)11-10(7)18-11/h7-8,10-11H,3-5H2,1-2H3,(H,13,14)/t7-,8-,10+,11-/m0/s1. The molecule has 1 amide bonds. The van der Waals surface area contributed by atoms with Crippen LogP contribution in [-0.2, 0) is 23.9 Å². The third-order valence-corrected chi connectivity index (χ3v) is 3.47. The summed E-state index contributed by atoms with van der Waals surface area (Å²) < 4.78 is 9.97. The highest BCUT2D eigenvalue weighted by Crippen LogP contribution is 2.40. The van der Waals surface area contributed by atoms with Crippen molar-refractivity contribution >= 4 is 17.7 Å². The third-order valence-electron chi connectivity index (χ3n) is 3.47. The van der Waals surface area contributed by atoms with E-state index >= 15 is 0 Å². The van der Waals surface area contributed by atoms with Crippen LogP contribution in [0.5, 0.6) is 0 Å². The van der Waals surface area contributed by atoms with E-state index in [0.29, 0.717) is 19.3 Å². The summed E-state index contributed by atoms with van der Waals surface area (Å²) in [6.07, 6.45) is 1.29. The zero-order valence-electron chi connectivity index (χ0n) is 10.5. The van der Waals surface area contributed by atoms with Crippen molar-refractivity contribution in [1.29, 1.82) is 0 Å². The van der Waals surface area contributed by atoms with Crippen LogP contribution in [0.1, 0.15) is 26.2 Å². The lowest BCUT2D eigenvalue weighted by Gasteiger charge is -2.22. The number of methoxy groups -OCH3 is 1. The molecule has 0 spiro atoms. The van der Waals surface area contributed by atoms with E-state index in [-0.39, 0.29) is 29.8 Å². The van der Waals surface area contributed by atoms with Gasteiger partial charge in [-0.2, -0.15) is 0 Å². The number of hydrogen-bond acceptors (Lipinski definition) is 5. The molecule has 0 unspecified atom stereocenters. The Kier molecular flexibility index (Phi) is 3.65. The van der Waals surface area contributed by atoms with Crippen molar-refractivity contribution in [2.75, 3.05) is 7.11 Å². The number of carbonyl (C=O) groups excluding carboxylic acids is 3. The summed E-state index contributed by atoms with van der Waals surface area (Å²) in [4.78, 5) is 34.0. The molecule has 0 radical (unpaired) electrons. The first-order valence-corrected chi connectivity index (χ1v) is 6.06. The van der Waals surface area contributed by atoms with Gasteiger partial charge in [0.05, 0.1) is 13.2 Å². The van der Waals surface area contributed by atoms with E-state index in [1.165, 1.54) is 14.0 Å². The van der Waals surface area contributed by atoms with Gasteiger partial charge < -0.3 is 14.8 Å². The van der Waals surface area contributed by atoms with Crippen LogP contribution in [-0.4, -0.2) is 43.0 Å². The van der Waals surface area contributed by atoms with Crippen molar-refractivity contribution in [1.82, 2.24) is 5.32 Å². The quantitative estimate of drug-likeness (QED) is 0.555. The summed E-state index contributed by atoms with van der Waals surface area (Å²) in [7, 11) is 1.29. The predicted molar refractivity (Wildman–Crippen MR) is 60.6 cm³/mol. The van der Waals surface area contributed by atoms with Crippen LogP contribution >= 0.6 is 0 Å². The zero-order chi connectivity index (χ0) is 13.3. The number of esters is 1. The van der Waals surface area contributed by atoms with E-state index in [1.807, 2.05) is 0 Å². The Morgan fingerprint density at radius 1 is 1.56 bits per heavy atom. The van der Waals surface area contributed by atoms with Crippen molar-refractivity contribution in [3.05, 3.63) is 0 Å². The Balaban J connectivity index is 1.94. The summed E-state index contributed by atoms with van der Waals surface area (Å²) in [5, 5.41) is 2.57. The second-order valence-electron chi connectivity index (χ2n) is 4.80. The molecule has 0 bridgehead atoms. The number of rotatable bonds is 4. The van der Waals surface area contributed by atoms with Gasteiger partial charge in [-0.3, -0.25) is 9.59 Å². The van der Waals surface area contributed by atoms with E-state index in [4.69, 9.17) is 4.74 Å². The van der Waals surface area contributed by atoms with Gasteiger partial charge >= 0.3 is 5.97 Å². The molecule has 0 aromatic rings. The second-order valence-corrected chi connectivity index (χ2v) is 4.80. The summed E-state index contributed by atoms with van der Waals surface area (Å²) >= 11 is 0. The van der Waals surface area contributed by atoms with Crippen molar-refractivity contribution < 1.29 is 23.9 Å². The van der Waals surface area contributed by atoms with Gasteiger partial charge in [0.25, 0.3) is 0 Å². The number of epoxide rings is 1. The molecule has 6 nitrogen and oxygen atoms in total. The zero-order valence-corrected chi connectivity index (χ0v) is 10.5. The Morgan fingerprint density at radius 2 is 2.28 bits per heavy atom. The van der Waals surface area contributed by atoms with Gasteiger partial charge in [0.1, 0.15) is 12.1 Å². The lowest BCUT2D eigenvalue weighted by molar-refractivity contribution is -0.145. The lowest BCUT2D eigenvalue weighted by Crippen LogP contribution is -2.43. The molecular formula is C12H17NO5. The molecule has 18 heavy (non-hydrogen) atoms. The summed E-state index contributed by atoms with van der Waals surface area (Å²) in [5.41, 5.74) is 0. The van der Waals surface area contributed by atoms with Crippen LogP contribution < -0.4 is 5.32 Å². The molecule has 1 aliphatic heterocycles. The van der Waals surface area contributed by atoms with E-state index in [1.54, 1.807) is 0 Å². The van der Waals surface area contributed by atoms with Gasteiger partial charge in [-0.15, -0.1) is 0 Å². The molecule has 4 atom stereocenters. The number of Topliss-reactive ketones (excluding diaryl/α,β-unsaturated/α-hetero) is 1. The average Bonchev–Trinajstić information content (AvgIpc) is 3.11. The largest absolute Gasteiger partial charge is 0.467 e. The minimum atomic E-state index is -0.657. The summed E-state index contributed by atoms with van der Waals surface area (Å²) in [6.45, 7) is 1.36. The highest BCUT2D eigenvalue weighted by atomic mass is 16.6. The number of fused-ring (bicyclic) bond motifs is 1. The molecule has 6 heteroatoms. The second kappa shape index (κ2) is 5.06. The van der Waals surface area contributed by atoms with Gasteiger partial charge in [0.2, 0.25) is 5.91 Å². The average molecular weight is 255 g/mol. The molecule has 2 fully saturated rings. The first kappa shape index (κ1) is 13.0. The van der Waals surface area contributed by atoms with Gasteiger partial charge in [0.15, 0.2) is 5.78 Å². The first-order valence-electron chi connectivity index (χ1n) is 6.06. The van der Waals surface area contributed by atoms with Crippen LogP contribution in [0, 0.1) is 5.92 Å². The van der Waals surface area contributed by atoms with Crippen molar-refractivity contribution in [3.8, 4) is 0 Å². The van der Waals surface area contributed by atoms with Crippen molar-refractivity contribution in [3.63, 3.8) is 0 Å². The monoisotopic (exact) mass is 255 g/mol. The number of amides is 1. The molecule has 100 valence electrons. The molecule has 2 rings (SSSR count). The normalized spacial score (nSPS) is 31.2. The van der Waals surface area contributed by atoms with E-state index < -0.39 is 12.0 Å². The Bertz CT molecular complexity index is 381. The maximum Gasteiger partial charge on any atom is 0.328 e. The molecule has 1 N–H and O–H groups in total. The lowest BCUT2D eigenvalue weighted by atomic mass is 9.84. The van der Waals surface area contributed by atoms with Crippen molar-refractivity contribution in [2.45, 2.75) is 44.4 Å². The highest BCUT2D eigenvalue weighted by molar-refractivity contribution is 5.87. The highest BCUT2D eigenvalue weighted by Gasteiger charge is 2.53. The van der Waals surface area contributed by atoms with E-state index in [2.05, 4.69) is 10.1 Å². The SMILES string of the molecule is COC(=O)[C@H](C[C@@H]1CCC(=O)[C@@H]2O[C@H]12)NC(C)=O. The van der Waals surface area contributed by atoms with Gasteiger partial charge in [-0.05, 0) is 18.8 Å². The Labute approximate surface area is 105 Å². The van der Waals surface area contributed by atoms with Gasteiger partial charge in [0, 0.05) is 13.3 Å². The van der Waals surface area contributed by atoms with Crippen molar-refractivity contribution in [2.24, 2.45) is 5.92 Å². The number of nitrogens with one attached hydrogen (secondary N) is 1. The minimum Gasteiger partial charge on any atom is -0.467 e. The summed E-state index contributed by atoms with van der Waals surface area (Å²) in [6, 6.07) is -0.657. The van der Waals surface area contributed by atoms with Gasteiger partial charge in [-0.1, -0.05) is 0 Å². The smallest absolute Gasteiger partial charge is 0.328 e. The van der Waals surface area contributed by atoms with E-state index in [9.17, 15) is 14.4 Å². The maximum absolute atomic E-state index is 11.6. The molecule has 2 aliphatic rings. The first-order chi connectivity index (χ1) is 8.52. The molecular weight excluding hydrogens is 238 g/mol. The fourth-order valence-electron chi connectivity index (χ4n) is 2.53. The molecule has 0 aromatic heterocycles. The maximum atomic E-state index is 11.6. The van der Waals surface area contributed by atoms with Gasteiger partial charge in [-0.25, -0.2) is 4.79 Å². The number of hydrogen-bond donors (Lipinski definition) is 1. The fourth-order valence-corrected chi connectivity index (χ4v) is 2.53. The van der Waals surface area contributed by atoms with Crippen LogP contribution in [0.25, 0.3) is 0 Å². The molecule has 1 saturated carbocycles. The topological polar surface area (TPSA) is 85.0 Å². The molecule has 1 heterocycles. The van der Waals surface area contributed by atoms with Crippen LogP contribution in [0.15, 0.2) is 0 Å². The Morgan fingerprint density at radius 3 is 2.89 bits per heavy atom. The predicted octanol–water partition coefficient (Wildman–Crippen LogP) is -0.199. The Hall–Kier alpha value is -1.43. The number of ether oxygens (including phenoxy) is 2. The minimum absolute atomic E-state index is 0.0767. The van der Waals surface area contributed by atoms with Crippen LogP contribution in [0.3, 0.4) is 0 Å². The molecule has 0 aromatic carbocycles. The number of ketones is 1. The number of carbonyl (C=O) groups is 3. The van der Waals surface area contributed by atoms with E-state index in [0.717, 1.165) is 0 Å². The molecule has 1 saturated heterocycles. The summed E-state index contributed by atoms with van der Waals surface area (Å²) in [5.74, 6) is -0.459. The van der Waals surface area contributed by atoms with Crippen LogP contribution in [0.4, 0.5) is 0 Å². The molecule has 1 aliphatic carbocycles. The van der Waals surface area contributed by atoms with Crippen LogP contribution in [0.2, 0.25) is 0 Å². The fraction of sp³-hybridized carbons (Fsp3) is 0.750. The third kappa shape index (κ3) is 2.69.